The summed E-state index contributed by atoms with van der Waals surface area (Å²) in [6, 6.07) is 6.54. The van der Waals surface area contributed by atoms with Gasteiger partial charge >= 0.3 is 6.01 Å². The van der Waals surface area contributed by atoms with Crippen LogP contribution in [-0.4, -0.2) is 65.5 Å². The second-order valence-corrected chi connectivity index (χ2v) is 14.3. The van der Waals surface area contributed by atoms with Crippen LogP contribution in [0, 0.1) is 40.2 Å². The van der Waals surface area contributed by atoms with Gasteiger partial charge in [0.05, 0.1) is 38.3 Å². The first kappa shape index (κ1) is 30.3. The van der Waals surface area contributed by atoms with E-state index in [9.17, 15) is 19.3 Å². The Labute approximate surface area is 277 Å². The van der Waals surface area contributed by atoms with E-state index in [0.717, 1.165) is 43.6 Å². The minimum Gasteiger partial charge on any atom is -0.489 e. The van der Waals surface area contributed by atoms with Crippen LogP contribution in [-0.2, 0) is 0 Å². The maximum Gasteiger partial charge on any atom is 0.319 e. The molecule has 4 atom stereocenters. The van der Waals surface area contributed by atoms with Crippen LogP contribution >= 0.6 is 22.9 Å². The van der Waals surface area contributed by atoms with Crippen molar-refractivity contribution in [3.63, 3.8) is 0 Å². The molecule has 4 aliphatic rings. The summed E-state index contributed by atoms with van der Waals surface area (Å²) >= 11 is 7.94. The smallest absolute Gasteiger partial charge is 0.319 e. The number of nitrogens with zero attached hydrogens (tertiary/aromatic N) is 6. The number of aromatic nitrogens is 2. The van der Waals surface area contributed by atoms with Crippen LogP contribution in [0.3, 0.4) is 0 Å². The lowest BCUT2D eigenvalue weighted by atomic mass is 9.87. The van der Waals surface area contributed by atoms with E-state index in [2.05, 4.69) is 16.0 Å². The Hall–Kier alpha value is -4.04. The number of hydrogen-bond acceptors (Lipinski definition) is 10. The largest absolute Gasteiger partial charge is 0.489 e. The number of nitriles is 2. The Morgan fingerprint density at radius 3 is 2.85 bits per heavy atom. The Morgan fingerprint density at radius 1 is 1.19 bits per heavy atom. The molecule has 3 saturated heterocycles. The standard InChI is InChI=1S/C33H29ClF3N7O2S/c34-25-23(18-4-5-20(36)29-22(18)19(12-39)30(40)47-29)26(37)27-24-28(25)45-14-21-16(6-8-38)3-1-10-44(21)31(24)42-32(41-27)46-15-33-7-2-9-43(33)13-17(35)11-33/h4-5,16-17,21H,1-3,6-7,9-11,13-15,40H2/t16?,17-,21?,33?/m1/s1. The first-order chi connectivity index (χ1) is 22.7. The number of nitrogen functional groups attached to an aromatic ring is 1. The first-order valence-corrected chi connectivity index (χ1v) is 16.9. The van der Waals surface area contributed by atoms with Gasteiger partial charge in [0.15, 0.2) is 11.6 Å². The van der Waals surface area contributed by atoms with Crippen molar-refractivity contribution < 1.29 is 22.6 Å². The number of fused-ring (bicyclic) bond motifs is 4. The predicted octanol–water partition coefficient (Wildman–Crippen LogP) is 6.74. The molecule has 0 aliphatic carbocycles. The zero-order valence-corrected chi connectivity index (χ0v) is 26.7. The summed E-state index contributed by atoms with van der Waals surface area (Å²) in [4.78, 5) is 13.5. The fourth-order valence-electron chi connectivity index (χ4n) is 8.19. The second-order valence-electron chi connectivity index (χ2n) is 12.8. The van der Waals surface area contributed by atoms with Crippen molar-refractivity contribution in [1.29, 1.82) is 10.5 Å². The summed E-state index contributed by atoms with van der Waals surface area (Å²) in [5.41, 5.74) is 5.57. The molecular weight excluding hydrogens is 651 g/mol. The summed E-state index contributed by atoms with van der Waals surface area (Å²) in [6.45, 7) is 2.01. The minimum atomic E-state index is -0.953. The highest BCUT2D eigenvalue weighted by Gasteiger charge is 2.49. The maximum atomic E-state index is 17.1. The summed E-state index contributed by atoms with van der Waals surface area (Å²) in [5, 5.41) is 20.0. The van der Waals surface area contributed by atoms with Crippen molar-refractivity contribution in [2.24, 2.45) is 5.92 Å². The molecule has 0 amide bonds. The van der Waals surface area contributed by atoms with Crippen molar-refractivity contribution >= 4 is 54.7 Å². The van der Waals surface area contributed by atoms with E-state index < -0.39 is 23.3 Å². The third kappa shape index (κ3) is 4.58. The zero-order chi connectivity index (χ0) is 32.6. The Morgan fingerprint density at radius 2 is 2.04 bits per heavy atom. The van der Waals surface area contributed by atoms with E-state index >= 15 is 4.39 Å². The summed E-state index contributed by atoms with van der Waals surface area (Å²) < 4.78 is 59.4. The third-order valence-corrected chi connectivity index (χ3v) is 11.7. The summed E-state index contributed by atoms with van der Waals surface area (Å²) in [7, 11) is 0. The average molecular weight is 680 g/mol. The van der Waals surface area contributed by atoms with Gasteiger partial charge < -0.3 is 20.1 Å². The molecule has 3 fully saturated rings. The molecule has 2 aromatic carbocycles. The van der Waals surface area contributed by atoms with Gasteiger partial charge in [-0.05, 0) is 49.8 Å². The molecule has 47 heavy (non-hydrogen) atoms. The van der Waals surface area contributed by atoms with Gasteiger partial charge in [-0.2, -0.15) is 20.5 Å². The molecule has 242 valence electrons. The normalized spacial score (nSPS) is 25.2. The second kappa shape index (κ2) is 11.3. The molecule has 14 heteroatoms. The molecule has 0 spiro atoms. The van der Waals surface area contributed by atoms with Crippen LogP contribution in [0.2, 0.25) is 5.02 Å². The first-order valence-electron chi connectivity index (χ1n) is 15.7. The number of ether oxygens (including phenoxy) is 2. The highest BCUT2D eigenvalue weighted by Crippen LogP contribution is 2.52. The number of hydrogen-bond donors (Lipinski definition) is 1. The van der Waals surface area contributed by atoms with Crippen molar-refractivity contribution in [3.8, 4) is 35.0 Å². The van der Waals surface area contributed by atoms with Gasteiger partial charge in [-0.15, -0.1) is 11.3 Å². The number of rotatable bonds is 5. The van der Waals surface area contributed by atoms with E-state index in [1.54, 1.807) is 0 Å². The van der Waals surface area contributed by atoms with Crippen molar-refractivity contribution in [2.75, 3.05) is 43.5 Å². The summed E-state index contributed by atoms with van der Waals surface area (Å²) in [6.07, 6.45) is 2.99. The number of nitrogens with two attached hydrogens (primary N) is 1. The molecule has 2 aromatic heterocycles. The van der Waals surface area contributed by atoms with Gasteiger partial charge in [0.25, 0.3) is 0 Å². The fraction of sp³-hybridized carbons (Fsp3) is 0.455. The van der Waals surface area contributed by atoms with Crippen LogP contribution < -0.4 is 20.1 Å². The van der Waals surface area contributed by atoms with Crippen LogP contribution in [0.15, 0.2) is 12.1 Å². The highest BCUT2D eigenvalue weighted by atomic mass is 35.5. The molecule has 4 aromatic rings. The minimum absolute atomic E-state index is 0.0221. The number of alkyl halides is 1. The Bertz CT molecular complexity index is 2050. The number of benzene rings is 2. The van der Waals surface area contributed by atoms with Gasteiger partial charge in [-0.1, -0.05) is 17.7 Å². The maximum absolute atomic E-state index is 17.1. The number of anilines is 2. The van der Waals surface area contributed by atoms with Gasteiger partial charge in [0.1, 0.15) is 47.6 Å². The average Bonchev–Trinajstić information content (AvgIpc) is 3.66. The molecule has 9 nitrogen and oxygen atoms in total. The highest BCUT2D eigenvalue weighted by molar-refractivity contribution is 7.23. The van der Waals surface area contributed by atoms with E-state index in [1.807, 2.05) is 11.0 Å². The molecule has 2 N–H and O–H groups in total. The van der Waals surface area contributed by atoms with Crippen molar-refractivity contribution in [1.82, 2.24) is 14.9 Å². The number of thiophene rings is 1. The molecule has 6 heterocycles. The van der Waals surface area contributed by atoms with E-state index in [4.69, 9.17) is 31.8 Å². The van der Waals surface area contributed by atoms with Gasteiger partial charge in [-0.25, -0.2) is 13.2 Å². The predicted molar refractivity (Wildman–Crippen MR) is 173 cm³/mol. The van der Waals surface area contributed by atoms with Gasteiger partial charge in [0.2, 0.25) is 0 Å². The lowest BCUT2D eigenvalue weighted by Crippen LogP contribution is -2.48. The van der Waals surface area contributed by atoms with Crippen LogP contribution in [0.4, 0.5) is 24.0 Å². The zero-order valence-electron chi connectivity index (χ0n) is 25.2. The Balaban J connectivity index is 1.35. The Kier molecular flexibility index (Phi) is 7.28. The van der Waals surface area contributed by atoms with Crippen molar-refractivity contribution in [2.45, 2.75) is 56.3 Å². The third-order valence-electron chi connectivity index (χ3n) is 10.3. The van der Waals surface area contributed by atoms with Crippen LogP contribution in [0.5, 0.6) is 11.8 Å². The van der Waals surface area contributed by atoms with E-state index in [1.165, 1.54) is 12.1 Å². The molecule has 3 unspecified atom stereocenters. The van der Waals surface area contributed by atoms with Crippen LogP contribution in [0.1, 0.15) is 44.1 Å². The molecule has 4 aliphatic heterocycles. The topological polar surface area (TPSA) is 124 Å². The molecule has 0 saturated carbocycles. The SMILES string of the molecule is N#CCC1CCCN2c3nc(OCC45CCCN4C[C@H](F)C5)nc4c(F)c(-c5ccc(F)c6sc(N)c(C#N)c56)c(Cl)c(c34)OCC12. The fourth-order valence-corrected chi connectivity index (χ4v) is 9.47. The number of halogens is 4. The molecule has 0 radical (unpaired) electrons. The molecule has 0 bridgehead atoms. The van der Waals surface area contributed by atoms with Crippen LogP contribution in [0.25, 0.3) is 32.1 Å². The van der Waals surface area contributed by atoms with E-state index in [0.29, 0.717) is 31.7 Å². The summed E-state index contributed by atoms with van der Waals surface area (Å²) in [5.74, 6) is -0.913. The lowest BCUT2D eigenvalue weighted by Gasteiger charge is -2.40. The lowest BCUT2D eigenvalue weighted by molar-refractivity contribution is 0.107. The molecular formula is C33H29ClF3N7O2S. The molecule has 8 rings (SSSR count). The van der Waals surface area contributed by atoms with Gasteiger partial charge in [-0.3, -0.25) is 4.90 Å². The van der Waals surface area contributed by atoms with Gasteiger partial charge in [0, 0.05) is 36.9 Å². The number of piperidine rings is 1. The van der Waals surface area contributed by atoms with Crippen molar-refractivity contribution in [3.05, 3.63) is 34.4 Å². The quantitative estimate of drug-likeness (QED) is 0.244. The monoisotopic (exact) mass is 679 g/mol. The van der Waals surface area contributed by atoms with E-state index in [-0.39, 0.29) is 84.6 Å².